The van der Waals surface area contributed by atoms with Crippen molar-refractivity contribution in [1.29, 1.82) is 0 Å². The number of thiazole rings is 1. The quantitative estimate of drug-likeness (QED) is 0.421. The maximum atomic E-state index is 13.1. The van der Waals surface area contributed by atoms with Crippen molar-refractivity contribution in [1.82, 2.24) is 9.88 Å². The summed E-state index contributed by atoms with van der Waals surface area (Å²) in [5.74, 6) is 0.314. The van der Waals surface area contributed by atoms with Gasteiger partial charge in [0.2, 0.25) is 5.91 Å². The van der Waals surface area contributed by atoms with Crippen LogP contribution in [-0.4, -0.2) is 64.3 Å². The molecule has 3 aromatic rings. The molecule has 1 aromatic heterocycles. The Hall–Kier alpha value is -2.20. The van der Waals surface area contributed by atoms with E-state index in [1.54, 1.807) is 54.5 Å². The highest BCUT2D eigenvalue weighted by atomic mass is 35.5. The maximum absolute atomic E-state index is 13.1. The van der Waals surface area contributed by atoms with Crippen LogP contribution < -0.4 is 9.64 Å². The van der Waals surface area contributed by atoms with Crippen molar-refractivity contribution in [3.8, 4) is 5.75 Å². The van der Waals surface area contributed by atoms with Crippen LogP contribution in [0.4, 0.5) is 5.13 Å². The van der Waals surface area contributed by atoms with Crippen LogP contribution in [0.25, 0.3) is 10.2 Å². The Morgan fingerprint density at radius 3 is 2.50 bits per heavy atom. The van der Waals surface area contributed by atoms with E-state index in [2.05, 4.69) is 4.98 Å². The third-order valence-corrected chi connectivity index (χ3v) is 8.23. The molecule has 0 aliphatic heterocycles. The van der Waals surface area contributed by atoms with E-state index in [4.69, 9.17) is 16.3 Å². The number of hydrogen-bond acceptors (Lipinski definition) is 7. The molecule has 0 aliphatic rings. The lowest BCUT2D eigenvalue weighted by atomic mass is 10.3. The summed E-state index contributed by atoms with van der Waals surface area (Å²) in [4.78, 5) is 21.6. The molecule has 32 heavy (non-hydrogen) atoms. The number of carbonyl (C=O) groups excluding carboxylic acids is 1. The molecule has 0 unspecified atom stereocenters. The number of hydrogen-bond donors (Lipinski definition) is 0. The number of fused-ring (bicyclic) bond motifs is 1. The lowest BCUT2D eigenvalue weighted by Gasteiger charge is -2.22. The molecule has 10 heteroatoms. The van der Waals surface area contributed by atoms with Crippen LogP contribution >= 0.6 is 22.9 Å². The number of sulfone groups is 1. The van der Waals surface area contributed by atoms with Crippen LogP contribution in [0.5, 0.6) is 5.75 Å². The van der Waals surface area contributed by atoms with Gasteiger partial charge in [-0.2, -0.15) is 0 Å². The van der Waals surface area contributed by atoms with Gasteiger partial charge in [-0.15, -0.1) is 0 Å². The van der Waals surface area contributed by atoms with Crippen molar-refractivity contribution in [2.75, 3.05) is 44.9 Å². The number of likely N-dealkylation sites (N-methyl/N-ethyl adjacent to an activating group) is 1. The summed E-state index contributed by atoms with van der Waals surface area (Å²) in [6.45, 7) is 1.06. The van der Waals surface area contributed by atoms with Gasteiger partial charge in [0.1, 0.15) is 11.3 Å². The summed E-state index contributed by atoms with van der Waals surface area (Å²) < 4.78 is 31.2. The van der Waals surface area contributed by atoms with Crippen LogP contribution in [0.2, 0.25) is 5.02 Å². The van der Waals surface area contributed by atoms with Crippen molar-refractivity contribution in [2.24, 2.45) is 0 Å². The van der Waals surface area contributed by atoms with Gasteiger partial charge in [-0.25, -0.2) is 13.4 Å². The molecule has 0 atom stereocenters. The topological polar surface area (TPSA) is 79.8 Å². The predicted octanol–water partition coefficient (Wildman–Crippen LogP) is 4.11. The second-order valence-electron chi connectivity index (χ2n) is 7.51. The number of anilines is 1. The summed E-state index contributed by atoms with van der Waals surface area (Å²) in [7, 11) is 1.97. The minimum atomic E-state index is -3.43. The summed E-state index contributed by atoms with van der Waals surface area (Å²) in [5.41, 5.74) is 0.606. The number of carbonyl (C=O) groups is 1. The third-order valence-electron chi connectivity index (χ3n) is 4.88. The molecule has 0 N–H and O–H groups in total. The number of amides is 1. The Kier molecular flexibility index (Phi) is 8.10. The lowest BCUT2D eigenvalue weighted by Crippen LogP contribution is -2.36. The first-order valence-electron chi connectivity index (χ1n) is 10.1. The predicted molar refractivity (Wildman–Crippen MR) is 130 cm³/mol. The first-order valence-corrected chi connectivity index (χ1v) is 12.9. The Bertz CT molecular complexity index is 1180. The molecule has 0 fully saturated rings. The number of nitrogens with zero attached hydrogens (tertiary/aromatic N) is 3. The summed E-state index contributed by atoms with van der Waals surface area (Å²) in [5, 5.41) is 1.06. The lowest BCUT2D eigenvalue weighted by molar-refractivity contribution is -0.118. The van der Waals surface area contributed by atoms with Crippen molar-refractivity contribution in [2.45, 2.75) is 17.7 Å². The van der Waals surface area contributed by atoms with Gasteiger partial charge in [-0.05, 0) is 44.8 Å². The zero-order valence-corrected chi connectivity index (χ0v) is 20.6. The number of aromatic nitrogens is 1. The third kappa shape index (κ3) is 5.78. The van der Waals surface area contributed by atoms with Crippen molar-refractivity contribution >= 4 is 54.0 Å². The fraction of sp³-hybridized carbons (Fsp3) is 0.364. The van der Waals surface area contributed by atoms with Gasteiger partial charge < -0.3 is 9.64 Å². The molecular formula is C22H26ClN3O4S2. The first kappa shape index (κ1) is 24.4. The van der Waals surface area contributed by atoms with E-state index in [0.717, 1.165) is 4.70 Å². The van der Waals surface area contributed by atoms with E-state index < -0.39 is 9.84 Å². The maximum Gasteiger partial charge on any atom is 0.228 e. The van der Waals surface area contributed by atoms with Crippen LogP contribution in [0.15, 0.2) is 47.4 Å². The second-order valence-corrected chi connectivity index (χ2v) is 11.0. The zero-order valence-electron chi connectivity index (χ0n) is 18.2. The van der Waals surface area contributed by atoms with E-state index in [1.807, 2.05) is 19.0 Å². The standard InChI is InChI=1S/C22H26ClN3O4S2/c1-25(2)13-14-26(22-24-20-18(30-3)12-11-17(23)21(20)31-22)19(27)10-7-15-32(28,29)16-8-5-4-6-9-16/h4-6,8-9,11-12H,7,10,13-15H2,1-3H3. The van der Waals surface area contributed by atoms with E-state index in [1.165, 1.54) is 11.3 Å². The summed E-state index contributed by atoms with van der Waals surface area (Å²) in [6.07, 6.45) is 0.323. The van der Waals surface area contributed by atoms with Crippen molar-refractivity contribution < 1.29 is 17.9 Å². The minimum absolute atomic E-state index is 0.0935. The average molecular weight is 496 g/mol. The molecule has 0 saturated heterocycles. The Labute approximate surface area is 197 Å². The molecule has 0 bridgehead atoms. The van der Waals surface area contributed by atoms with Crippen molar-refractivity contribution in [3.63, 3.8) is 0 Å². The van der Waals surface area contributed by atoms with Crippen LogP contribution in [0.1, 0.15) is 12.8 Å². The van der Waals surface area contributed by atoms with Gasteiger partial charge in [-0.3, -0.25) is 9.69 Å². The number of methoxy groups -OCH3 is 1. The van der Waals surface area contributed by atoms with Gasteiger partial charge in [0, 0.05) is 19.5 Å². The number of benzene rings is 2. The average Bonchev–Trinajstić information content (AvgIpc) is 3.20. The summed E-state index contributed by atoms with van der Waals surface area (Å²) >= 11 is 7.66. The van der Waals surface area contributed by atoms with Gasteiger partial charge in [0.05, 0.1) is 27.5 Å². The van der Waals surface area contributed by atoms with Crippen LogP contribution in [-0.2, 0) is 14.6 Å². The molecule has 0 radical (unpaired) electrons. The summed E-state index contributed by atoms with van der Waals surface area (Å²) in [6, 6.07) is 11.8. The van der Waals surface area contributed by atoms with Crippen LogP contribution in [0, 0.1) is 0 Å². The highest BCUT2D eigenvalue weighted by Crippen LogP contribution is 2.38. The first-order chi connectivity index (χ1) is 15.2. The highest BCUT2D eigenvalue weighted by Gasteiger charge is 2.23. The molecule has 7 nitrogen and oxygen atoms in total. The zero-order chi connectivity index (χ0) is 23.3. The van der Waals surface area contributed by atoms with Gasteiger partial charge >= 0.3 is 0 Å². The smallest absolute Gasteiger partial charge is 0.228 e. The van der Waals surface area contributed by atoms with E-state index in [-0.39, 0.29) is 29.4 Å². The number of rotatable bonds is 10. The second kappa shape index (κ2) is 10.6. The van der Waals surface area contributed by atoms with Gasteiger partial charge in [0.25, 0.3) is 0 Å². The van der Waals surface area contributed by atoms with Gasteiger partial charge in [0.15, 0.2) is 15.0 Å². The van der Waals surface area contributed by atoms with Crippen LogP contribution in [0.3, 0.4) is 0 Å². The van der Waals surface area contributed by atoms with E-state index in [9.17, 15) is 13.2 Å². The monoisotopic (exact) mass is 495 g/mol. The van der Waals surface area contributed by atoms with E-state index in [0.29, 0.717) is 34.5 Å². The molecular weight excluding hydrogens is 470 g/mol. The molecule has 1 amide bonds. The van der Waals surface area contributed by atoms with E-state index >= 15 is 0 Å². The highest BCUT2D eigenvalue weighted by molar-refractivity contribution is 7.91. The Morgan fingerprint density at radius 1 is 1.12 bits per heavy atom. The van der Waals surface area contributed by atoms with Gasteiger partial charge in [-0.1, -0.05) is 41.1 Å². The molecule has 1 heterocycles. The Balaban J connectivity index is 1.79. The molecule has 3 rings (SSSR count). The van der Waals surface area contributed by atoms with Crippen molar-refractivity contribution in [3.05, 3.63) is 47.5 Å². The fourth-order valence-corrected chi connectivity index (χ4v) is 5.77. The molecule has 0 saturated carbocycles. The molecule has 172 valence electrons. The SMILES string of the molecule is COc1ccc(Cl)c2sc(N(CCN(C)C)C(=O)CCCS(=O)(=O)c3ccccc3)nc12. The minimum Gasteiger partial charge on any atom is -0.494 e. The largest absolute Gasteiger partial charge is 0.494 e. The molecule has 2 aromatic carbocycles. The normalized spacial score (nSPS) is 11.8. The number of ether oxygens (including phenoxy) is 1. The number of halogens is 1. The molecule has 0 spiro atoms. The Morgan fingerprint density at radius 2 is 1.84 bits per heavy atom. The molecule has 0 aliphatic carbocycles. The fourth-order valence-electron chi connectivity index (χ4n) is 3.14.